The van der Waals surface area contributed by atoms with Crippen LogP contribution in [0.25, 0.3) is 0 Å². The van der Waals surface area contributed by atoms with E-state index in [0.29, 0.717) is 0 Å². The minimum atomic E-state index is -2.28. The zero-order chi connectivity index (χ0) is 12.9. The van der Waals surface area contributed by atoms with E-state index in [2.05, 4.69) is 11.3 Å². The van der Waals surface area contributed by atoms with E-state index in [1.807, 2.05) is 0 Å². The minimum absolute atomic E-state index is 0.781. The number of carbonyl (C=O) groups is 1. The number of hydrogen-bond acceptors (Lipinski definition) is 2. The Labute approximate surface area is 87.7 Å². The van der Waals surface area contributed by atoms with Crippen LogP contribution in [0.3, 0.4) is 0 Å². The lowest BCUT2D eigenvalue weighted by atomic mass is 10.3. The number of alkyl halides is 1. The molecule has 0 heterocycles. The molecule has 7 heteroatoms. The van der Waals surface area contributed by atoms with Gasteiger partial charge in [-0.2, -0.15) is 4.39 Å². The molecule has 0 spiro atoms. The molecule has 0 bridgehead atoms. The smallest absolute Gasteiger partial charge is 0.308 e. The fraction of sp³-hybridized carbons (Fsp3) is 0.222. The summed E-state index contributed by atoms with van der Waals surface area (Å²) in [7, 11) is 0. The molecule has 0 radical (unpaired) electrons. The second kappa shape index (κ2) is 6.04. The molecule has 0 aliphatic rings. The molecule has 0 aromatic carbocycles. The van der Waals surface area contributed by atoms with Crippen molar-refractivity contribution in [3.63, 3.8) is 0 Å². The van der Waals surface area contributed by atoms with E-state index in [1.54, 1.807) is 0 Å². The second-order valence-electron chi connectivity index (χ2n) is 2.49. The zero-order valence-electron chi connectivity index (χ0n) is 8.12. The maximum absolute atomic E-state index is 13.0. The Morgan fingerprint density at radius 1 is 1.19 bits per heavy atom. The number of rotatable bonds is 4. The summed E-state index contributed by atoms with van der Waals surface area (Å²) in [5, 5.41) is 0. The summed E-state index contributed by atoms with van der Waals surface area (Å²) >= 11 is 0. The first-order valence-electron chi connectivity index (χ1n) is 3.84. The molecule has 0 saturated heterocycles. The van der Waals surface area contributed by atoms with Gasteiger partial charge in [-0.1, -0.05) is 6.58 Å². The Balaban J connectivity index is 5.44. The number of halogens is 5. The Morgan fingerprint density at radius 2 is 1.69 bits per heavy atom. The third kappa shape index (κ3) is 3.84. The van der Waals surface area contributed by atoms with Gasteiger partial charge in [0.2, 0.25) is 11.6 Å². The van der Waals surface area contributed by atoms with Crippen LogP contribution in [0.2, 0.25) is 0 Å². The highest BCUT2D eigenvalue weighted by Gasteiger charge is 2.21. The molecule has 0 unspecified atom stereocenters. The van der Waals surface area contributed by atoms with Crippen LogP contribution in [0.1, 0.15) is 6.92 Å². The molecule has 2 nitrogen and oxygen atoms in total. The number of ether oxygens (including phenoxy) is 1. The monoisotopic (exact) mass is 242 g/mol. The predicted octanol–water partition coefficient (Wildman–Crippen LogP) is 3.33. The third-order valence-corrected chi connectivity index (χ3v) is 1.24. The highest BCUT2D eigenvalue weighted by atomic mass is 19.2. The Kier molecular flexibility index (Phi) is 5.41. The molecular weight excluding hydrogens is 235 g/mol. The first kappa shape index (κ1) is 14.3. The van der Waals surface area contributed by atoms with Crippen molar-refractivity contribution in [1.29, 1.82) is 0 Å². The normalized spacial score (nSPS) is 13.9. The van der Waals surface area contributed by atoms with Crippen LogP contribution in [0, 0.1) is 0 Å². The van der Waals surface area contributed by atoms with Gasteiger partial charge in [0.25, 0.3) is 0 Å². The van der Waals surface area contributed by atoms with E-state index in [-0.39, 0.29) is 0 Å². The molecule has 0 saturated carbocycles. The maximum atomic E-state index is 13.0. The van der Waals surface area contributed by atoms with E-state index in [4.69, 9.17) is 0 Å². The van der Waals surface area contributed by atoms with Crippen LogP contribution in [0.5, 0.6) is 0 Å². The van der Waals surface area contributed by atoms with E-state index < -0.39 is 41.7 Å². The van der Waals surface area contributed by atoms with Crippen LogP contribution >= 0.6 is 0 Å². The summed E-state index contributed by atoms with van der Waals surface area (Å²) in [5.41, 5.74) is 0. The zero-order valence-corrected chi connectivity index (χ0v) is 8.12. The van der Waals surface area contributed by atoms with Crippen LogP contribution < -0.4 is 0 Å². The van der Waals surface area contributed by atoms with Gasteiger partial charge in [0, 0.05) is 6.92 Å². The highest BCUT2D eigenvalue weighted by molar-refractivity contribution is 5.68. The molecule has 16 heavy (non-hydrogen) atoms. The average Bonchev–Trinajstić information content (AvgIpc) is 2.22. The van der Waals surface area contributed by atoms with Crippen LogP contribution in [0.15, 0.2) is 35.6 Å². The van der Waals surface area contributed by atoms with Crippen molar-refractivity contribution in [3.05, 3.63) is 35.6 Å². The quantitative estimate of drug-likeness (QED) is 0.327. The molecule has 0 aromatic heterocycles. The fourth-order valence-corrected chi connectivity index (χ4v) is 0.640. The molecule has 0 amide bonds. The van der Waals surface area contributed by atoms with Crippen molar-refractivity contribution < 1.29 is 31.5 Å². The number of carbonyl (C=O) groups excluding carboxylic acids is 1. The van der Waals surface area contributed by atoms with Crippen LogP contribution in [-0.4, -0.2) is 12.6 Å². The summed E-state index contributed by atoms with van der Waals surface area (Å²) in [4.78, 5) is 10.4. The Bertz CT molecular complexity index is 370. The molecular formula is C9H7F5O2. The summed E-state index contributed by atoms with van der Waals surface area (Å²) in [5.74, 6) is -10.8. The largest absolute Gasteiger partial charge is 0.420 e. The number of esters is 1. The molecule has 0 atom stereocenters. The van der Waals surface area contributed by atoms with E-state index >= 15 is 0 Å². The van der Waals surface area contributed by atoms with Gasteiger partial charge in [-0.3, -0.25) is 4.79 Å². The third-order valence-electron chi connectivity index (χ3n) is 1.24. The molecule has 0 aliphatic carbocycles. The van der Waals surface area contributed by atoms with Gasteiger partial charge in [-0.25, -0.2) is 17.6 Å². The standard InChI is InChI=1S/C9H7F5O2/c1-4(11)9(16-5(2)15)8(14)7(13)6(12)3-10/h1,3H2,2H3/b7-6-,9-8-. The van der Waals surface area contributed by atoms with Crippen molar-refractivity contribution in [2.75, 3.05) is 6.67 Å². The van der Waals surface area contributed by atoms with Crippen molar-refractivity contribution >= 4 is 5.97 Å². The van der Waals surface area contributed by atoms with Crippen molar-refractivity contribution in [2.45, 2.75) is 6.92 Å². The molecule has 0 rings (SSSR count). The molecule has 0 aliphatic heterocycles. The molecule has 0 N–H and O–H groups in total. The van der Waals surface area contributed by atoms with Crippen molar-refractivity contribution in [1.82, 2.24) is 0 Å². The summed E-state index contributed by atoms with van der Waals surface area (Å²) in [6, 6.07) is 0. The van der Waals surface area contributed by atoms with Gasteiger partial charge < -0.3 is 4.74 Å². The van der Waals surface area contributed by atoms with E-state index in [9.17, 15) is 26.7 Å². The van der Waals surface area contributed by atoms with Gasteiger partial charge in [-0.05, 0) is 0 Å². The van der Waals surface area contributed by atoms with Crippen molar-refractivity contribution in [3.8, 4) is 0 Å². The average molecular weight is 242 g/mol. The SMILES string of the molecule is C=C(F)/C(OC(C)=O)=C(F)\C(F)=C(\F)CF. The fourth-order valence-electron chi connectivity index (χ4n) is 0.640. The Morgan fingerprint density at radius 3 is 2.00 bits per heavy atom. The van der Waals surface area contributed by atoms with Gasteiger partial charge in [0.15, 0.2) is 17.5 Å². The maximum Gasteiger partial charge on any atom is 0.308 e. The van der Waals surface area contributed by atoms with Crippen LogP contribution in [-0.2, 0) is 9.53 Å². The topological polar surface area (TPSA) is 26.3 Å². The van der Waals surface area contributed by atoms with Crippen molar-refractivity contribution in [2.24, 2.45) is 0 Å². The summed E-state index contributed by atoms with van der Waals surface area (Å²) in [6.45, 7) is 1.42. The first-order chi connectivity index (χ1) is 7.31. The van der Waals surface area contributed by atoms with Gasteiger partial charge >= 0.3 is 5.97 Å². The Hall–Kier alpha value is -1.66. The van der Waals surface area contributed by atoms with Gasteiger partial charge in [0.1, 0.15) is 6.67 Å². The number of allylic oxidation sites excluding steroid dienone is 4. The second-order valence-corrected chi connectivity index (χ2v) is 2.49. The predicted molar refractivity (Wildman–Crippen MR) is 45.4 cm³/mol. The van der Waals surface area contributed by atoms with E-state index in [1.165, 1.54) is 0 Å². The highest BCUT2D eigenvalue weighted by Crippen LogP contribution is 2.27. The molecule has 0 fully saturated rings. The number of hydrogen-bond donors (Lipinski definition) is 0. The lowest BCUT2D eigenvalue weighted by Gasteiger charge is -2.05. The van der Waals surface area contributed by atoms with Gasteiger partial charge in [-0.15, -0.1) is 0 Å². The summed E-state index contributed by atoms with van der Waals surface area (Å²) in [6.07, 6.45) is 0. The van der Waals surface area contributed by atoms with Gasteiger partial charge in [0.05, 0.1) is 0 Å². The summed E-state index contributed by atoms with van der Waals surface area (Å²) < 4.78 is 66.0. The van der Waals surface area contributed by atoms with E-state index in [0.717, 1.165) is 6.92 Å². The lowest BCUT2D eigenvalue weighted by Crippen LogP contribution is -2.02. The first-order valence-corrected chi connectivity index (χ1v) is 3.84. The minimum Gasteiger partial charge on any atom is -0.420 e. The molecule has 90 valence electrons. The van der Waals surface area contributed by atoms with Crippen LogP contribution in [0.4, 0.5) is 22.0 Å². The lowest BCUT2D eigenvalue weighted by molar-refractivity contribution is -0.137. The molecule has 0 aromatic rings.